The number of hydrogen-bond donors (Lipinski definition) is 0. The highest BCUT2D eigenvalue weighted by molar-refractivity contribution is 5.90. The summed E-state index contributed by atoms with van der Waals surface area (Å²) in [4.78, 5) is 15.1. The van der Waals surface area contributed by atoms with Crippen LogP contribution in [0.4, 0.5) is 22.0 Å². The molecule has 8 heteroatoms. The lowest BCUT2D eigenvalue weighted by Crippen LogP contribution is -2.13. The molecule has 1 aromatic rings. The fourth-order valence-electron chi connectivity index (χ4n) is 0.989. The van der Waals surface area contributed by atoms with Gasteiger partial charge in [0.05, 0.1) is 0 Å². The maximum atomic E-state index is 13.1. The zero-order chi connectivity index (χ0) is 13.9. The Morgan fingerprint density at radius 3 is 1.94 bits per heavy atom. The van der Waals surface area contributed by atoms with Crippen LogP contribution in [0.15, 0.2) is 5.16 Å². The fourth-order valence-corrected chi connectivity index (χ4v) is 0.989. The summed E-state index contributed by atoms with van der Waals surface area (Å²) in [6, 6.07) is 0. The number of halogens is 5. The first-order valence-electron chi connectivity index (χ1n) is 4.66. The van der Waals surface area contributed by atoms with Crippen LogP contribution in [0, 0.1) is 29.1 Å². The van der Waals surface area contributed by atoms with Crippen molar-refractivity contribution in [3.63, 3.8) is 0 Å². The van der Waals surface area contributed by atoms with Crippen molar-refractivity contribution < 1.29 is 31.6 Å². The summed E-state index contributed by atoms with van der Waals surface area (Å²) < 4.78 is 64.3. The number of nitrogens with zero attached hydrogens (tertiary/aromatic N) is 1. The summed E-state index contributed by atoms with van der Waals surface area (Å²) in [6.07, 6.45) is 1.42. The van der Waals surface area contributed by atoms with Gasteiger partial charge in [-0.05, 0) is 6.42 Å². The van der Waals surface area contributed by atoms with E-state index in [2.05, 4.69) is 9.99 Å². The number of hydrogen-bond acceptors (Lipinski definition) is 3. The molecule has 18 heavy (non-hydrogen) atoms. The van der Waals surface area contributed by atoms with Crippen molar-refractivity contribution in [1.29, 1.82) is 0 Å². The first-order valence-corrected chi connectivity index (χ1v) is 4.66. The third kappa shape index (κ3) is 2.47. The van der Waals surface area contributed by atoms with Gasteiger partial charge in [-0.3, -0.25) is 0 Å². The van der Waals surface area contributed by atoms with Crippen LogP contribution in [0.5, 0.6) is 0 Å². The van der Waals surface area contributed by atoms with E-state index >= 15 is 0 Å². The van der Waals surface area contributed by atoms with Crippen molar-refractivity contribution in [2.45, 2.75) is 13.3 Å². The molecule has 0 unspecified atom stereocenters. The Hall–Kier alpha value is -1.99. The lowest BCUT2D eigenvalue weighted by atomic mass is 10.1. The Kier molecular flexibility index (Phi) is 4.35. The van der Waals surface area contributed by atoms with Gasteiger partial charge in [-0.25, -0.2) is 26.7 Å². The lowest BCUT2D eigenvalue weighted by Gasteiger charge is -2.05. The van der Waals surface area contributed by atoms with Gasteiger partial charge in [0.2, 0.25) is 5.82 Å². The summed E-state index contributed by atoms with van der Waals surface area (Å²) >= 11 is 0. The van der Waals surface area contributed by atoms with Gasteiger partial charge in [0.15, 0.2) is 23.3 Å². The summed E-state index contributed by atoms with van der Waals surface area (Å²) in [7, 11) is 0. The van der Waals surface area contributed by atoms with E-state index in [-0.39, 0.29) is 0 Å². The number of carbonyl (C=O) groups is 1. The van der Waals surface area contributed by atoms with Crippen molar-refractivity contribution >= 4 is 12.2 Å². The molecule has 0 bridgehead atoms. The molecule has 0 aliphatic rings. The molecule has 0 atom stereocenters. The maximum absolute atomic E-state index is 13.1. The predicted octanol–water partition coefficient (Wildman–Crippen LogP) is 2.93. The molecule has 1 aromatic carbocycles. The highest BCUT2D eigenvalue weighted by Gasteiger charge is 2.30. The molecule has 3 nitrogen and oxygen atoms in total. The van der Waals surface area contributed by atoms with Crippen LogP contribution in [0.25, 0.3) is 0 Å². The molecule has 0 saturated carbocycles. The molecule has 0 saturated heterocycles. The summed E-state index contributed by atoms with van der Waals surface area (Å²) in [6.45, 7) is 1.62. The molecule has 0 N–H and O–H groups in total. The van der Waals surface area contributed by atoms with E-state index < -0.39 is 40.6 Å². The van der Waals surface area contributed by atoms with E-state index in [1.165, 1.54) is 0 Å². The van der Waals surface area contributed by atoms with E-state index in [1.807, 2.05) is 0 Å². The molecule has 0 aromatic heterocycles. The zero-order valence-corrected chi connectivity index (χ0v) is 8.94. The second kappa shape index (κ2) is 5.56. The van der Waals surface area contributed by atoms with Crippen molar-refractivity contribution in [3.05, 3.63) is 34.6 Å². The maximum Gasteiger partial charge on any atom is 0.371 e. The molecule has 0 aliphatic heterocycles. The highest BCUT2D eigenvalue weighted by Crippen LogP contribution is 2.23. The molecular weight excluding hydrogens is 261 g/mol. The number of benzene rings is 1. The molecule has 0 radical (unpaired) electrons. The standard InChI is InChI=1S/C10H6F5NO2/c1-2-3-16-18-10(17)4-5(11)7(13)9(15)8(14)6(4)12/h3H,2H2,1H3/b16-3-. The first kappa shape index (κ1) is 14.1. The summed E-state index contributed by atoms with van der Waals surface area (Å²) in [5.74, 6) is -13.1. The third-order valence-electron chi connectivity index (χ3n) is 1.81. The molecule has 0 fully saturated rings. The molecule has 0 amide bonds. The first-order chi connectivity index (χ1) is 8.41. The number of oxime groups is 1. The van der Waals surface area contributed by atoms with Crippen LogP contribution in [0.2, 0.25) is 0 Å². The number of rotatable bonds is 3. The van der Waals surface area contributed by atoms with Gasteiger partial charge in [-0.2, -0.15) is 0 Å². The van der Waals surface area contributed by atoms with Crippen LogP contribution in [-0.4, -0.2) is 12.2 Å². The average molecular weight is 267 g/mol. The van der Waals surface area contributed by atoms with E-state index in [0.29, 0.717) is 6.42 Å². The van der Waals surface area contributed by atoms with Crippen LogP contribution in [0.1, 0.15) is 23.7 Å². The Bertz CT molecular complexity index is 486. The lowest BCUT2D eigenvalue weighted by molar-refractivity contribution is 0.0503. The number of carbonyl (C=O) groups excluding carboxylic acids is 1. The van der Waals surface area contributed by atoms with Gasteiger partial charge in [0.1, 0.15) is 5.56 Å². The topological polar surface area (TPSA) is 38.7 Å². The molecule has 0 aliphatic carbocycles. The van der Waals surface area contributed by atoms with Gasteiger partial charge in [0, 0.05) is 6.21 Å². The minimum Gasteiger partial charge on any atom is -0.313 e. The van der Waals surface area contributed by atoms with Gasteiger partial charge in [0.25, 0.3) is 0 Å². The predicted molar refractivity (Wildman–Crippen MR) is 50.4 cm³/mol. The highest BCUT2D eigenvalue weighted by atomic mass is 19.2. The van der Waals surface area contributed by atoms with Crippen molar-refractivity contribution in [1.82, 2.24) is 0 Å². The van der Waals surface area contributed by atoms with Crippen LogP contribution in [0.3, 0.4) is 0 Å². The average Bonchev–Trinajstić information content (AvgIpc) is 2.34. The second-order valence-electron chi connectivity index (χ2n) is 3.02. The minimum absolute atomic E-state index is 0.352. The molecular formula is C10H6F5NO2. The summed E-state index contributed by atoms with van der Waals surface area (Å²) in [5.41, 5.74) is -1.68. The molecule has 0 heterocycles. The fraction of sp³-hybridized carbons (Fsp3) is 0.200. The summed E-state index contributed by atoms with van der Waals surface area (Å²) in [5, 5.41) is 2.98. The van der Waals surface area contributed by atoms with Crippen molar-refractivity contribution in [2.75, 3.05) is 0 Å². The van der Waals surface area contributed by atoms with Crippen LogP contribution in [-0.2, 0) is 4.84 Å². The second-order valence-corrected chi connectivity index (χ2v) is 3.02. The van der Waals surface area contributed by atoms with Crippen LogP contribution < -0.4 is 0 Å². The van der Waals surface area contributed by atoms with Gasteiger partial charge >= 0.3 is 5.97 Å². The molecule has 1 rings (SSSR count). The van der Waals surface area contributed by atoms with E-state index in [1.54, 1.807) is 6.92 Å². The Morgan fingerprint density at radius 1 is 1.06 bits per heavy atom. The van der Waals surface area contributed by atoms with Gasteiger partial charge in [-0.15, -0.1) is 0 Å². The Balaban J connectivity index is 3.25. The van der Waals surface area contributed by atoms with E-state index in [0.717, 1.165) is 6.21 Å². The largest absolute Gasteiger partial charge is 0.371 e. The van der Waals surface area contributed by atoms with Crippen molar-refractivity contribution in [3.8, 4) is 0 Å². The molecule has 98 valence electrons. The van der Waals surface area contributed by atoms with E-state index in [9.17, 15) is 26.7 Å². The smallest absolute Gasteiger partial charge is 0.313 e. The third-order valence-corrected chi connectivity index (χ3v) is 1.81. The van der Waals surface area contributed by atoms with Gasteiger partial charge < -0.3 is 4.84 Å². The zero-order valence-electron chi connectivity index (χ0n) is 8.94. The van der Waals surface area contributed by atoms with E-state index in [4.69, 9.17) is 0 Å². The molecule has 0 spiro atoms. The van der Waals surface area contributed by atoms with Gasteiger partial charge in [-0.1, -0.05) is 12.1 Å². The quantitative estimate of drug-likeness (QED) is 0.211. The SMILES string of the molecule is CC/C=N\OC(=O)c1c(F)c(F)c(F)c(F)c1F. The monoisotopic (exact) mass is 267 g/mol. The Labute approximate surface area is 97.8 Å². The normalized spacial score (nSPS) is 11.0. The minimum atomic E-state index is -2.35. The van der Waals surface area contributed by atoms with Crippen molar-refractivity contribution in [2.24, 2.45) is 5.16 Å². The van der Waals surface area contributed by atoms with Crippen LogP contribution >= 0.6 is 0 Å². The Morgan fingerprint density at radius 2 is 1.50 bits per heavy atom.